The number of benzene rings is 1. The van der Waals surface area contributed by atoms with E-state index in [9.17, 15) is 9.50 Å². The zero-order chi connectivity index (χ0) is 14.1. The average molecular weight is 312 g/mol. The number of rotatable bonds is 2. The fourth-order valence-corrected chi connectivity index (χ4v) is 4.77. The number of hydrogen-bond acceptors (Lipinski definition) is 6. The van der Waals surface area contributed by atoms with E-state index < -0.39 is 5.82 Å². The van der Waals surface area contributed by atoms with E-state index in [1.54, 1.807) is 11.8 Å². The van der Waals surface area contributed by atoms with E-state index >= 15 is 0 Å². The molecule has 0 aliphatic carbocycles. The van der Waals surface area contributed by atoms with Crippen LogP contribution in [0, 0.1) is 5.82 Å². The van der Waals surface area contributed by atoms with Crippen molar-refractivity contribution in [3.8, 4) is 17.2 Å². The van der Waals surface area contributed by atoms with E-state index in [0.29, 0.717) is 11.1 Å². The number of nitrogens with zero attached hydrogens (tertiary/aromatic N) is 2. The maximum Gasteiger partial charge on any atom is 0.264 e. The van der Waals surface area contributed by atoms with Crippen molar-refractivity contribution in [1.82, 2.24) is 10.1 Å². The molecule has 1 fully saturated rings. The third-order valence-corrected chi connectivity index (χ3v) is 6.18. The van der Waals surface area contributed by atoms with Crippen LogP contribution in [0.25, 0.3) is 11.5 Å². The summed E-state index contributed by atoms with van der Waals surface area (Å²) >= 11 is 3.65. The molecule has 0 spiro atoms. The zero-order valence-corrected chi connectivity index (χ0v) is 12.4. The number of aromatic hydroxyl groups is 1. The Morgan fingerprint density at radius 3 is 2.90 bits per heavy atom. The first-order valence-electron chi connectivity index (χ1n) is 6.21. The lowest BCUT2D eigenvalue weighted by Gasteiger charge is -2.24. The van der Waals surface area contributed by atoms with Gasteiger partial charge >= 0.3 is 0 Å². The average Bonchev–Trinajstić information content (AvgIpc) is 2.88. The van der Waals surface area contributed by atoms with Crippen LogP contribution in [-0.4, -0.2) is 32.0 Å². The number of halogens is 1. The molecule has 0 saturated carbocycles. The molecular formula is C13H13FN2O2S2. The van der Waals surface area contributed by atoms with Gasteiger partial charge in [-0.05, 0) is 12.1 Å². The highest BCUT2D eigenvalue weighted by Crippen LogP contribution is 2.42. The lowest BCUT2D eigenvalue weighted by molar-refractivity contribution is 0.413. The smallest absolute Gasteiger partial charge is 0.264 e. The molecule has 2 unspecified atom stereocenters. The molecule has 1 aliphatic heterocycles. The molecule has 1 N–H and O–H groups in total. The lowest BCUT2D eigenvalue weighted by atomic mass is 10.2. The summed E-state index contributed by atoms with van der Waals surface area (Å²) in [7, 11) is 0. The molecule has 1 aliphatic rings. The molecule has 20 heavy (non-hydrogen) atoms. The summed E-state index contributed by atoms with van der Waals surface area (Å²) in [6, 6.07) is 4.09. The van der Waals surface area contributed by atoms with Crippen LogP contribution in [-0.2, 0) is 0 Å². The number of thioether (sulfide) groups is 2. The molecule has 1 aromatic carbocycles. The van der Waals surface area contributed by atoms with Crippen molar-refractivity contribution in [1.29, 1.82) is 0 Å². The SMILES string of the molecule is CC1SCCSC1c1noc(-c2c(O)cccc2F)n1. The molecule has 2 heterocycles. The van der Waals surface area contributed by atoms with Crippen molar-refractivity contribution < 1.29 is 14.0 Å². The molecule has 7 heteroatoms. The number of phenols is 1. The Kier molecular flexibility index (Phi) is 3.89. The van der Waals surface area contributed by atoms with Crippen molar-refractivity contribution in [3.05, 3.63) is 29.8 Å². The largest absolute Gasteiger partial charge is 0.507 e. The van der Waals surface area contributed by atoms with Crippen LogP contribution in [0.4, 0.5) is 4.39 Å². The number of phenolic OH excluding ortho intramolecular Hbond substituents is 1. The molecule has 2 atom stereocenters. The summed E-state index contributed by atoms with van der Waals surface area (Å²) in [6.07, 6.45) is 0. The lowest BCUT2D eigenvalue weighted by Crippen LogP contribution is -2.16. The maximum atomic E-state index is 13.8. The van der Waals surface area contributed by atoms with Crippen LogP contribution in [0.5, 0.6) is 5.75 Å². The van der Waals surface area contributed by atoms with Gasteiger partial charge in [0.05, 0.1) is 5.25 Å². The normalized spacial score (nSPS) is 22.9. The van der Waals surface area contributed by atoms with Gasteiger partial charge in [-0.25, -0.2) is 4.39 Å². The monoisotopic (exact) mass is 312 g/mol. The number of aromatic nitrogens is 2. The first-order chi connectivity index (χ1) is 9.66. The van der Waals surface area contributed by atoms with Crippen LogP contribution in [0.3, 0.4) is 0 Å². The van der Waals surface area contributed by atoms with Crippen LogP contribution >= 0.6 is 23.5 Å². The van der Waals surface area contributed by atoms with Gasteiger partial charge in [0.25, 0.3) is 5.89 Å². The molecular weight excluding hydrogens is 299 g/mol. The van der Waals surface area contributed by atoms with Gasteiger partial charge in [0, 0.05) is 16.8 Å². The molecule has 2 aromatic rings. The second-order valence-corrected chi connectivity index (χ2v) is 7.19. The van der Waals surface area contributed by atoms with Gasteiger partial charge in [-0.15, -0.1) is 11.8 Å². The number of hydrogen-bond donors (Lipinski definition) is 1. The maximum absolute atomic E-state index is 13.8. The summed E-state index contributed by atoms with van der Waals surface area (Å²) in [5.74, 6) is 1.97. The minimum absolute atomic E-state index is 0.0268. The van der Waals surface area contributed by atoms with Crippen LogP contribution in [0.15, 0.2) is 22.7 Å². The molecule has 1 aromatic heterocycles. The van der Waals surface area contributed by atoms with Crippen molar-refractivity contribution in [2.45, 2.75) is 17.4 Å². The van der Waals surface area contributed by atoms with Crippen molar-refractivity contribution in [2.75, 3.05) is 11.5 Å². The highest BCUT2D eigenvalue weighted by Gasteiger charge is 2.29. The minimum atomic E-state index is -0.570. The third-order valence-electron chi connectivity index (χ3n) is 3.09. The zero-order valence-electron chi connectivity index (χ0n) is 10.7. The van der Waals surface area contributed by atoms with Crippen LogP contribution in [0.2, 0.25) is 0 Å². The van der Waals surface area contributed by atoms with Crippen LogP contribution in [0.1, 0.15) is 18.0 Å². The van der Waals surface area contributed by atoms with E-state index in [2.05, 4.69) is 17.1 Å². The molecule has 0 radical (unpaired) electrons. The molecule has 0 amide bonds. The Hall–Kier alpha value is -1.21. The first-order valence-corrected chi connectivity index (χ1v) is 8.31. The van der Waals surface area contributed by atoms with Gasteiger partial charge < -0.3 is 9.63 Å². The van der Waals surface area contributed by atoms with Gasteiger partial charge in [-0.2, -0.15) is 16.7 Å². The summed E-state index contributed by atoms with van der Waals surface area (Å²) < 4.78 is 18.9. The molecule has 3 rings (SSSR count). The first kappa shape index (κ1) is 13.8. The Morgan fingerprint density at radius 1 is 1.35 bits per heavy atom. The van der Waals surface area contributed by atoms with Crippen LogP contribution < -0.4 is 0 Å². The summed E-state index contributed by atoms with van der Waals surface area (Å²) in [4.78, 5) is 4.26. The predicted octanol–water partition coefficient (Wildman–Crippen LogP) is 3.49. The summed E-state index contributed by atoms with van der Waals surface area (Å²) in [5, 5.41) is 14.2. The van der Waals surface area contributed by atoms with E-state index in [-0.39, 0.29) is 22.5 Å². The topological polar surface area (TPSA) is 59.2 Å². The second kappa shape index (κ2) is 5.65. The van der Waals surface area contributed by atoms with E-state index in [4.69, 9.17) is 4.52 Å². The summed E-state index contributed by atoms with van der Waals surface area (Å²) in [5.41, 5.74) is -0.0348. The van der Waals surface area contributed by atoms with Gasteiger partial charge in [-0.3, -0.25) is 0 Å². The molecule has 1 saturated heterocycles. The quantitative estimate of drug-likeness (QED) is 0.916. The second-order valence-electron chi connectivity index (χ2n) is 4.46. The van der Waals surface area contributed by atoms with Crippen molar-refractivity contribution in [2.24, 2.45) is 0 Å². The minimum Gasteiger partial charge on any atom is -0.507 e. The van der Waals surface area contributed by atoms with E-state index in [1.165, 1.54) is 18.2 Å². The van der Waals surface area contributed by atoms with Gasteiger partial charge in [0.1, 0.15) is 17.1 Å². The molecule has 0 bridgehead atoms. The van der Waals surface area contributed by atoms with Crippen molar-refractivity contribution >= 4 is 23.5 Å². The Balaban J connectivity index is 1.94. The van der Waals surface area contributed by atoms with E-state index in [1.807, 2.05) is 11.8 Å². The third kappa shape index (κ3) is 2.52. The van der Waals surface area contributed by atoms with E-state index in [0.717, 1.165) is 11.5 Å². The predicted molar refractivity (Wildman–Crippen MR) is 78.5 cm³/mol. The highest BCUT2D eigenvalue weighted by molar-refractivity contribution is 8.06. The highest BCUT2D eigenvalue weighted by atomic mass is 32.2. The Morgan fingerprint density at radius 2 is 2.15 bits per heavy atom. The fourth-order valence-electron chi connectivity index (χ4n) is 2.09. The standard InChI is InChI=1S/C13H13FN2O2S2/c1-7-11(20-6-5-19-7)12-15-13(18-16-12)10-8(14)3-2-4-9(10)17/h2-4,7,11,17H,5-6H2,1H3. The Bertz CT molecular complexity index is 600. The van der Waals surface area contributed by atoms with Gasteiger partial charge in [0.2, 0.25) is 0 Å². The molecule has 106 valence electrons. The van der Waals surface area contributed by atoms with Crippen molar-refractivity contribution in [3.63, 3.8) is 0 Å². The Labute approximate surface area is 124 Å². The van der Waals surface area contributed by atoms with Gasteiger partial charge in [-0.1, -0.05) is 18.1 Å². The fraction of sp³-hybridized carbons (Fsp3) is 0.385. The molecule has 4 nitrogen and oxygen atoms in total. The summed E-state index contributed by atoms with van der Waals surface area (Å²) in [6.45, 7) is 2.12. The van der Waals surface area contributed by atoms with Gasteiger partial charge in [0.15, 0.2) is 5.82 Å².